The van der Waals surface area contributed by atoms with Crippen molar-refractivity contribution in [3.8, 4) is 0 Å². The van der Waals surface area contributed by atoms with E-state index in [-0.39, 0.29) is 6.61 Å². The van der Waals surface area contributed by atoms with Gasteiger partial charge in [-0.2, -0.15) is 0 Å². The van der Waals surface area contributed by atoms with Crippen LogP contribution in [-0.4, -0.2) is 5.11 Å². The maximum absolute atomic E-state index is 8.83. The van der Waals surface area contributed by atoms with E-state index in [0.29, 0.717) is 5.69 Å². The Morgan fingerprint density at radius 3 is 2.73 bits per heavy atom. The Bertz CT molecular complexity index is 277. The molecule has 1 aromatic rings. The maximum Gasteiger partial charge on any atom is 0.0702 e. The highest BCUT2D eigenvalue weighted by Gasteiger charge is 2.02. The molecule has 2 nitrogen and oxygen atoms in total. The third kappa shape index (κ3) is 2.07. The molecule has 0 unspecified atom stereocenters. The maximum atomic E-state index is 8.83. The van der Waals surface area contributed by atoms with Crippen LogP contribution in [0.2, 0.25) is 0 Å². The summed E-state index contributed by atoms with van der Waals surface area (Å²) >= 11 is 5.52. The third-order valence-corrected chi connectivity index (χ3v) is 3.64. The molecule has 11 heavy (non-hydrogen) atoms. The normalized spacial score (nSPS) is 10.1. The van der Waals surface area contributed by atoms with E-state index in [1.807, 2.05) is 12.1 Å². The minimum absolute atomic E-state index is 0.0125. The molecular formula is C7H7BrINO. The molecule has 0 bridgehead atoms. The molecular weight excluding hydrogens is 321 g/mol. The second-order valence-electron chi connectivity index (χ2n) is 2.12. The third-order valence-electron chi connectivity index (χ3n) is 1.35. The first kappa shape index (κ1) is 9.28. The van der Waals surface area contributed by atoms with Crippen LogP contribution in [0, 0.1) is 3.57 Å². The number of aliphatic hydroxyl groups excluding tert-OH is 1. The van der Waals surface area contributed by atoms with Gasteiger partial charge in [-0.25, -0.2) is 0 Å². The van der Waals surface area contributed by atoms with Crippen molar-refractivity contribution in [2.45, 2.75) is 6.61 Å². The smallest absolute Gasteiger partial charge is 0.0702 e. The first-order chi connectivity index (χ1) is 5.15. The molecule has 0 fully saturated rings. The number of halogens is 2. The molecule has 0 saturated heterocycles. The molecule has 0 saturated carbocycles. The van der Waals surface area contributed by atoms with Crippen molar-refractivity contribution < 1.29 is 5.11 Å². The predicted molar refractivity (Wildman–Crippen MR) is 57.2 cm³/mol. The van der Waals surface area contributed by atoms with Crippen LogP contribution in [-0.2, 0) is 6.61 Å². The van der Waals surface area contributed by atoms with E-state index >= 15 is 0 Å². The zero-order chi connectivity index (χ0) is 8.43. The molecule has 0 aliphatic rings. The molecule has 0 aliphatic carbocycles. The Labute approximate surface area is 87.1 Å². The first-order valence-corrected chi connectivity index (χ1v) is 4.86. The van der Waals surface area contributed by atoms with Crippen molar-refractivity contribution in [3.63, 3.8) is 0 Å². The van der Waals surface area contributed by atoms with Crippen molar-refractivity contribution in [2.75, 3.05) is 5.73 Å². The fourth-order valence-electron chi connectivity index (χ4n) is 0.740. The predicted octanol–water partition coefficient (Wildman–Crippen LogP) is 2.13. The molecule has 0 atom stereocenters. The van der Waals surface area contributed by atoms with Crippen LogP contribution < -0.4 is 5.73 Å². The van der Waals surface area contributed by atoms with Gasteiger partial charge >= 0.3 is 0 Å². The summed E-state index contributed by atoms with van der Waals surface area (Å²) in [6, 6.07) is 3.66. The Hall–Kier alpha value is 0.190. The number of rotatable bonds is 1. The molecule has 0 spiro atoms. The van der Waals surface area contributed by atoms with Crippen LogP contribution in [0.3, 0.4) is 0 Å². The number of benzene rings is 1. The van der Waals surface area contributed by atoms with Crippen LogP contribution in [0.5, 0.6) is 0 Å². The van der Waals surface area contributed by atoms with Crippen molar-refractivity contribution in [1.82, 2.24) is 0 Å². The molecule has 0 aliphatic heterocycles. The van der Waals surface area contributed by atoms with Gasteiger partial charge in [-0.15, -0.1) is 0 Å². The second-order valence-corrected chi connectivity index (χ2v) is 4.14. The quantitative estimate of drug-likeness (QED) is 0.613. The van der Waals surface area contributed by atoms with Crippen molar-refractivity contribution in [2.24, 2.45) is 0 Å². The van der Waals surface area contributed by atoms with E-state index < -0.39 is 0 Å². The molecule has 1 rings (SSSR count). The molecule has 0 aromatic heterocycles. The summed E-state index contributed by atoms with van der Waals surface area (Å²) in [5.74, 6) is 0. The van der Waals surface area contributed by atoms with Crippen LogP contribution in [0.15, 0.2) is 16.6 Å². The summed E-state index contributed by atoms with van der Waals surface area (Å²) in [6.45, 7) is -0.0125. The molecule has 4 heteroatoms. The van der Waals surface area contributed by atoms with Gasteiger partial charge in [0.1, 0.15) is 0 Å². The molecule has 0 heterocycles. The molecule has 0 amide bonds. The van der Waals surface area contributed by atoms with E-state index in [1.165, 1.54) is 0 Å². The van der Waals surface area contributed by atoms with Crippen LogP contribution in [0.4, 0.5) is 5.69 Å². The fourth-order valence-corrected chi connectivity index (χ4v) is 1.62. The fraction of sp³-hybridized carbons (Fsp3) is 0.143. The first-order valence-electron chi connectivity index (χ1n) is 2.99. The zero-order valence-corrected chi connectivity index (χ0v) is 9.39. The molecule has 3 N–H and O–H groups in total. The second kappa shape index (κ2) is 3.73. The van der Waals surface area contributed by atoms with Gasteiger partial charge in [-0.05, 0) is 50.7 Å². The SMILES string of the molecule is Nc1cc(I)c(Br)cc1CO. The van der Waals surface area contributed by atoms with Crippen molar-refractivity contribution in [3.05, 3.63) is 25.7 Å². The summed E-state index contributed by atoms with van der Waals surface area (Å²) in [4.78, 5) is 0. The zero-order valence-electron chi connectivity index (χ0n) is 5.64. The molecule has 60 valence electrons. The van der Waals surface area contributed by atoms with Crippen molar-refractivity contribution in [1.29, 1.82) is 0 Å². The lowest BCUT2D eigenvalue weighted by Gasteiger charge is -2.03. The van der Waals surface area contributed by atoms with Crippen LogP contribution in [0.1, 0.15) is 5.56 Å². The minimum atomic E-state index is -0.0125. The van der Waals surface area contributed by atoms with Crippen LogP contribution >= 0.6 is 38.5 Å². The van der Waals surface area contributed by atoms with Crippen LogP contribution in [0.25, 0.3) is 0 Å². The Kier molecular flexibility index (Phi) is 3.15. The van der Waals surface area contributed by atoms with E-state index in [9.17, 15) is 0 Å². The van der Waals surface area contributed by atoms with Gasteiger partial charge in [0.25, 0.3) is 0 Å². The average Bonchev–Trinajstić information content (AvgIpc) is 1.97. The van der Waals surface area contributed by atoms with E-state index in [1.54, 1.807) is 0 Å². The molecule has 1 aromatic carbocycles. The highest BCUT2D eigenvalue weighted by atomic mass is 127. The van der Waals surface area contributed by atoms with Gasteiger partial charge in [-0.1, -0.05) is 0 Å². The number of anilines is 1. The summed E-state index contributed by atoms with van der Waals surface area (Å²) in [7, 11) is 0. The highest BCUT2D eigenvalue weighted by molar-refractivity contribution is 14.1. The minimum Gasteiger partial charge on any atom is -0.398 e. The van der Waals surface area contributed by atoms with Gasteiger partial charge in [0.2, 0.25) is 0 Å². The Balaban J connectivity index is 3.21. The summed E-state index contributed by atoms with van der Waals surface area (Å²) in [5.41, 5.74) is 7.02. The summed E-state index contributed by atoms with van der Waals surface area (Å²) in [6.07, 6.45) is 0. The molecule has 0 radical (unpaired) electrons. The lowest BCUT2D eigenvalue weighted by Crippen LogP contribution is -1.95. The lowest BCUT2D eigenvalue weighted by atomic mass is 10.2. The van der Waals surface area contributed by atoms with Gasteiger partial charge in [0.15, 0.2) is 0 Å². The topological polar surface area (TPSA) is 46.2 Å². The average molecular weight is 328 g/mol. The lowest BCUT2D eigenvalue weighted by molar-refractivity contribution is 0.282. The van der Waals surface area contributed by atoms with E-state index in [4.69, 9.17) is 10.8 Å². The highest BCUT2D eigenvalue weighted by Crippen LogP contribution is 2.24. The van der Waals surface area contributed by atoms with E-state index in [0.717, 1.165) is 13.6 Å². The largest absolute Gasteiger partial charge is 0.398 e. The van der Waals surface area contributed by atoms with Gasteiger partial charge in [0.05, 0.1) is 6.61 Å². The van der Waals surface area contributed by atoms with Crippen molar-refractivity contribution >= 4 is 44.2 Å². The number of nitrogens with two attached hydrogens (primary N) is 1. The van der Waals surface area contributed by atoms with Gasteiger partial charge < -0.3 is 10.8 Å². The number of hydrogen-bond acceptors (Lipinski definition) is 2. The van der Waals surface area contributed by atoms with E-state index in [2.05, 4.69) is 38.5 Å². The monoisotopic (exact) mass is 327 g/mol. The standard InChI is InChI=1S/C7H7BrINO/c8-5-1-4(3-11)7(10)2-6(5)9/h1-2,11H,3,10H2. The number of nitrogen functional groups attached to an aromatic ring is 1. The number of aliphatic hydroxyl groups is 1. The summed E-state index contributed by atoms with van der Waals surface area (Å²) < 4.78 is 2.02. The number of hydrogen-bond donors (Lipinski definition) is 2. The Morgan fingerprint density at radius 2 is 2.18 bits per heavy atom. The van der Waals surface area contributed by atoms with Gasteiger partial charge in [0, 0.05) is 19.3 Å². The van der Waals surface area contributed by atoms with Gasteiger partial charge in [-0.3, -0.25) is 0 Å². The Morgan fingerprint density at radius 1 is 1.55 bits per heavy atom. The summed E-state index contributed by atoms with van der Waals surface area (Å²) in [5, 5.41) is 8.83.